The van der Waals surface area contributed by atoms with Gasteiger partial charge >= 0.3 is 0 Å². The molecule has 4 rings (SSSR count). The van der Waals surface area contributed by atoms with Gasteiger partial charge in [-0.2, -0.15) is 0 Å². The third kappa shape index (κ3) is 3.12. The maximum absolute atomic E-state index is 6.34. The second-order valence-corrected chi connectivity index (χ2v) is 8.76. The van der Waals surface area contributed by atoms with Crippen molar-refractivity contribution in [2.75, 3.05) is 32.8 Å². The normalized spacial score (nSPS) is 29.6. The highest BCUT2D eigenvalue weighted by Gasteiger charge is 2.44. The minimum Gasteiger partial charge on any atom is -0.373 e. The zero-order valence-corrected chi connectivity index (χ0v) is 14.5. The highest BCUT2D eigenvalue weighted by atomic mass is 32.1. The Hall–Kier alpha value is -0.420. The summed E-state index contributed by atoms with van der Waals surface area (Å²) in [5, 5.41) is 0. The molecular formula is C18H28N2OS. The predicted octanol–water partition coefficient (Wildman–Crippen LogP) is 3.28. The smallest absolute Gasteiger partial charge is 0.0723 e. The Morgan fingerprint density at radius 1 is 1.18 bits per heavy atom. The first-order chi connectivity index (χ1) is 10.7. The molecule has 3 aliphatic rings. The SMILES string of the molecule is Cc1ccc(CN2CCC3(CC2)CC(N2CCCC2)CO3)s1. The number of hydrogen-bond donors (Lipinski definition) is 0. The van der Waals surface area contributed by atoms with Crippen LogP contribution in [0.25, 0.3) is 0 Å². The molecule has 3 nitrogen and oxygen atoms in total. The molecule has 0 aromatic carbocycles. The minimum atomic E-state index is 0.203. The molecule has 4 heteroatoms. The zero-order chi connectivity index (χ0) is 15.0. The summed E-state index contributed by atoms with van der Waals surface area (Å²) in [5.74, 6) is 0. The van der Waals surface area contributed by atoms with Crippen molar-refractivity contribution in [2.45, 2.75) is 57.2 Å². The van der Waals surface area contributed by atoms with E-state index in [-0.39, 0.29) is 5.60 Å². The average molecular weight is 321 g/mol. The van der Waals surface area contributed by atoms with Crippen LogP contribution in [0, 0.1) is 6.92 Å². The molecular weight excluding hydrogens is 292 g/mol. The van der Waals surface area contributed by atoms with Gasteiger partial charge in [-0.25, -0.2) is 0 Å². The van der Waals surface area contributed by atoms with Gasteiger partial charge in [-0.1, -0.05) is 0 Å². The van der Waals surface area contributed by atoms with Gasteiger partial charge in [0.25, 0.3) is 0 Å². The van der Waals surface area contributed by atoms with Crippen molar-refractivity contribution in [1.29, 1.82) is 0 Å². The van der Waals surface area contributed by atoms with Crippen LogP contribution >= 0.6 is 11.3 Å². The minimum absolute atomic E-state index is 0.203. The summed E-state index contributed by atoms with van der Waals surface area (Å²) < 4.78 is 6.34. The van der Waals surface area contributed by atoms with Gasteiger partial charge in [0.05, 0.1) is 12.2 Å². The first-order valence-electron chi connectivity index (χ1n) is 8.88. The quantitative estimate of drug-likeness (QED) is 0.850. The van der Waals surface area contributed by atoms with Gasteiger partial charge in [0.2, 0.25) is 0 Å². The third-order valence-electron chi connectivity index (χ3n) is 5.79. The monoisotopic (exact) mass is 320 g/mol. The molecule has 3 fully saturated rings. The van der Waals surface area contributed by atoms with E-state index < -0.39 is 0 Å². The Morgan fingerprint density at radius 3 is 2.64 bits per heavy atom. The van der Waals surface area contributed by atoms with Crippen LogP contribution in [0.5, 0.6) is 0 Å². The van der Waals surface area contributed by atoms with Crippen LogP contribution < -0.4 is 0 Å². The summed E-state index contributed by atoms with van der Waals surface area (Å²) in [6, 6.07) is 5.24. The largest absolute Gasteiger partial charge is 0.373 e. The molecule has 4 heterocycles. The lowest BCUT2D eigenvalue weighted by atomic mass is 9.87. The standard InChI is InChI=1S/C18H28N2OS/c1-15-4-5-17(22-15)13-19-10-6-18(7-11-19)12-16(14-21-18)20-8-2-3-9-20/h4-5,16H,2-3,6-14H2,1H3. The molecule has 0 saturated carbocycles. The molecule has 3 aliphatic heterocycles. The summed E-state index contributed by atoms with van der Waals surface area (Å²) in [6.07, 6.45) is 6.50. The topological polar surface area (TPSA) is 15.7 Å². The molecule has 1 aromatic rings. The van der Waals surface area contributed by atoms with Gasteiger partial charge in [-0.15, -0.1) is 11.3 Å². The summed E-state index contributed by atoms with van der Waals surface area (Å²) in [5.41, 5.74) is 0.203. The second-order valence-electron chi connectivity index (χ2n) is 7.38. The van der Waals surface area contributed by atoms with E-state index in [0.717, 1.165) is 13.2 Å². The van der Waals surface area contributed by atoms with E-state index in [4.69, 9.17) is 4.74 Å². The van der Waals surface area contributed by atoms with E-state index in [0.29, 0.717) is 6.04 Å². The van der Waals surface area contributed by atoms with E-state index in [1.54, 1.807) is 0 Å². The van der Waals surface area contributed by atoms with Crippen LogP contribution in [0.15, 0.2) is 12.1 Å². The van der Waals surface area contributed by atoms with Crippen molar-refractivity contribution in [3.63, 3.8) is 0 Å². The fourth-order valence-electron chi connectivity index (χ4n) is 4.42. The molecule has 22 heavy (non-hydrogen) atoms. The molecule has 0 aliphatic carbocycles. The molecule has 1 atom stereocenters. The summed E-state index contributed by atoms with van der Waals surface area (Å²) in [6.45, 7) is 9.30. The van der Waals surface area contributed by atoms with E-state index in [1.165, 1.54) is 68.0 Å². The van der Waals surface area contributed by atoms with Gasteiger partial charge in [-0.3, -0.25) is 9.80 Å². The maximum atomic E-state index is 6.34. The number of thiophene rings is 1. The molecule has 3 saturated heterocycles. The Balaban J connectivity index is 1.30. The van der Waals surface area contributed by atoms with Crippen LogP contribution in [0.4, 0.5) is 0 Å². The summed E-state index contributed by atoms with van der Waals surface area (Å²) in [4.78, 5) is 8.23. The van der Waals surface area contributed by atoms with Crippen LogP contribution in [0.1, 0.15) is 41.9 Å². The van der Waals surface area contributed by atoms with E-state index in [9.17, 15) is 0 Å². The fourth-order valence-corrected chi connectivity index (χ4v) is 5.35. The molecule has 0 N–H and O–H groups in total. The van der Waals surface area contributed by atoms with Gasteiger partial charge in [0, 0.05) is 35.4 Å². The Labute approximate surface area is 138 Å². The van der Waals surface area contributed by atoms with Crippen molar-refractivity contribution in [2.24, 2.45) is 0 Å². The fraction of sp³-hybridized carbons (Fsp3) is 0.778. The number of rotatable bonds is 3. The highest BCUT2D eigenvalue weighted by molar-refractivity contribution is 7.11. The van der Waals surface area contributed by atoms with E-state index in [2.05, 4.69) is 28.9 Å². The Kier molecular flexibility index (Phi) is 4.29. The second kappa shape index (κ2) is 6.23. The third-order valence-corrected chi connectivity index (χ3v) is 6.77. The number of aryl methyl sites for hydroxylation is 1. The number of likely N-dealkylation sites (tertiary alicyclic amines) is 2. The molecule has 122 valence electrons. The zero-order valence-electron chi connectivity index (χ0n) is 13.7. The van der Waals surface area contributed by atoms with Crippen molar-refractivity contribution in [3.05, 3.63) is 21.9 Å². The predicted molar refractivity (Wildman–Crippen MR) is 91.5 cm³/mol. The molecule has 1 spiro atoms. The van der Waals surface area contributed by atoms with Crippen LogP contribution in [-0.4, -0.2) is 54.2 Å². The van der Waals surface area contributed by atoms with Crippen molar-refractivity contribution in [1.82, 2.24) is 9.80 Å². The number of ether oxygens (including phenoxy) is 1. The Morgan fingerprint density at radius 2 is 1.95 bits per heavy atom. The number of nitrogens with zero attached hydrogens (tertiary/aromatic N) is 2. The number of hydrogen-bond acceptors (Lipinski definition) is 4. The van der Waals surface area contributed by atoms with Gasteiger partial charge < -0.3 is 4.74 Å². The molecule has 1 unspecified atom stereocenters. The van der Waals surface area contributed by atoms with Gasteiger partial charge in [-0.05, 0) is 64.3 Å². The van der Waals surface area contributed by atoms with Crippen LogP contribution in [0.2, 0.25) is 0 Å². The Bertz CT molecular complexity index is 501. The average Bonchev–Trinajstić information content (AvgIpc) is 3.23. The van der Waals surface area contributed by atoms with Crippen molar-refractivity contribution >= 4 is 11.3 Å². The number of piperidine rings is 1. The maximum Gasteiger partial charge on any atom is 0.0723 e. The van der Waals surface area contributed by atoms with E-state index >= 15 is 0 Å². The molecule has 0 amide bonds. The first-order valence-corrected chi connectivity index (χ1v) is 9.70. The highest BCUT2D eigenvalue weighted by Crippen LogP contribution is 2.38. The van der Waals surface area contributed by atoms with Crippen LogP contribution in [-0.2, 0) is 11.3 Å². The van der Waals surface area contributed by atoms with Gasteiger partial charge in [0.15, 0.2) is 0 Å². The first kappa shape index (κ1) is 15.1. The summed E-state index contributed by atoms with van der Waals surface area (Å²) >= 11 is 1.94. The molecule has 0 bridgehead atoms. The molecule has 1 aromatic heterocycles. The lowest BCUT2D eigenvalue weighted by Crippen LogP contribution is -2.44. The lowest BCUT2D eigenvalue weighted by molar-refractivity contribution is -0.0451. The molecule has 0 radical (unpaired) electrons. The van der Waals surface area contributed by atoms with Crippen molar-refractivity contribution < 1.29 is 4.74 Å². The van der Waals surface area contributed by atoms with Gasteiger partial charge in [0.1, 0.15) is 0 Å². The van der Waals surface area contributed by atoms with Crippen LogP contribution in [0.3, 0.4) is 0 Å². The lowest BCUT2D eigenvalue weighted by Gasteiger charge is -2.38. The summed E-state index contributed by atoms with van der Waals surface area (Å²) in [7, 11) is 0. The van der Waals surface area contributed by atoms with E-state index in [1.807, 2.05) is 11.3 Å². The van der Waals surface area contributed by atoms with Crippen molar-refractivity contribution in [3.8, 4) is 0 Å².